The van der Waals surface area contributed by atoms with Crippen molar-refractivity contribution < 1.29 is 14.3 Å². The summed E-state index contributed by atoms with van der Waals surface area (Å²) in [6.45, 7) is 4.46. The summed E-state index contributed by atoms with van der Waals surface area (Å²) < 4.78 is 11.7. The van der Waals surface area contributed by atoms with Gasteiger partial charge in [-0.2, -0.15) is 0 Å². The van der Waals surface area contributed by atoms with E-state index in [1.54, 1.807) is 0 Å². The normalized spacial score (nSPS) is 22.5. The average Bonchev–Trinajstić information content (AvgIpc) is 2.53. The number of carbonyl (C=O) groups excluding carboxylic acids is 1. The van der Waals surface area contributed by atoms with Gasteiger partial charge >= 0.3 is 0 Å². The van der Waals surface area contributed by atoms with Crippen LogP contribution < -0.4 is 0 Å². The van der Waals surface area contributed by atoms with Gasteiger partial charge in [-0.3, -0.25) is 4.79 Å². The van der Waals surface area contributed by atoms with E-state index in [-0.39, 0.29) is 11.9 Å². The summed E-state index contributed by atoms with van der Waals surface area (Å²) in [6, 6.07) is 9.81. The molecule has 0 unspecified atom stereocenters. The largest absolute Gasteiger partial charge is 0.348 e. The van der Waals surface area contributed by atoms with Gasteiger partial charge < -0.3 is 9.47 Å². The Morgan fingerprint density at radius 2 is 2.10 bits per heavy atom. The van der Waals surface area contributed by atoms with Crippen LogP contribution in [0.25, 0.3) is 0 Å². The van der Waals surface area contributed by atoms with E-state index in [1.165, 1.54) is 0 Å². The molecule has 112 valence electrons. The molecule has 0 aliphatic carbocycles. The zero-order chi connectivity index (χ0) is 15.3. The van der Waals surface area contributed by atoms with E-state index in [1.807, 2.05) is 44.2 Å². The SMILES string of the molecule is C#CCCC(=O)C(C)(C)[C@@H]1CCO[C@H](c2ccccc2)O1. The summed E-state index contributed by atoms with van der Waals surface area (Å²) in [5.74, 6) is 2.67. The maximum atomic E-state index is 12.3. The zero-order valence-corrected chi connectivity index (χ0v) is 12.7. The Morgan fingerprint density at radius 3 is 2.76 bits per heavy atom. The van der Waals surface area contributed by atoms with Gasteiger partial charge in [-0.25, -0.2) is 0 Å². The molecule has 1 heterocycles. The smallest absolute Gasteiger partial charge is 0.184 e. The molecule has 0 radical (unpaired) electrons. The summed E-state index contributed by atoms with van der Waals surface area (Å²) in [4.78, 5) is 12.3. The first kappa shape index (κ1) is 15.8. The molecule has 2 rings (SSSR count). The van der Waals surface area contributed by atoms with E-state index in [0.717, 1.165) is 12.0 Å². The highest BCUT2D eigenvalue weighted by Crippen LogP contribution is 2.36. The lowest BCUT2D eigenvalue weighted by Gasteiger charge is -2.39. The van der Waals surface area contributed by atoms with Gasteiger partial charge in [0, 0.05) is 23.8 Å². The van der Waals surface area contributed by atoms with E-state index in [0.29, 0.717) is 19.4 Å². The van der Waals surface area contributed by atoms with Crippen LogP contribution in [0, 0.1) is 17.8 Å². The van der Waals surface area contributed by atoms with Crippen LogP contribution in [0.3, 0.4) is 0 Å². The predicted octanol–water partition coefficient (Wildman–Crippen LogP) is 3.50. The molecule has 0 amide bonds. The van der Waals surface area contributed by atoms with E-state index < -0.39 is 11.7 Å². The van der Waals surface area contributed by atoms with Crippen molar-refractivity contribution in [3.05, 3.63) is 35.9 Å². The van der Waals surface area contributed by atoms with Crippen molar-refractivity contribution in [1.29, 1.82) is 0 Å². The van der Waals surface area contributed by atoms with Gasteiger partial charge in [-0.1, -0.05) is 44.2 Å². The summed E-state index contributed by atoms with van der Waals surface area (Å²) >= 11 is 0. The van der Waals surface area contributed by atoms with Gasteiger partial charge in [0.15, 0.2) is 6.29 Å². The quantitative estimate of drug-likeness (QED) is 0.777. The van der Waals surface area contributed by atoms with Crippen LogP contribution in [-0.2, 0) is 14.3 Å². The Kier molecular flexibility index (Phi) is 5.17. The lowest BCUT2D eigenvalue weighted by Crippen LogP contribution is -2.43. The third kappa shape index (κ3) is 3.72. The number of hydrogen-bond acceptors (Lipinski definition) is 3. The number of ketones is 1. The monoisotopic (exact) mass is 286 g/mol. The number of terminal acetylenes is 1. The van der Waals surface area contributed by atoms with Crippen LogP contribution in [-0.4, -0.2) is 18.5 Å². The van der Waals surface area contributed by atoms with Crippen molar-refractivity contribution >= 4 is 5.78 Å². The van der Waals surface area contributed by atoms with Crippen molar-refractivity contribution in [1.82, 2.24) is 0 Å². The van der Waals surface area contributed by atoms with Gasteiger partial charge in [0.05, 0.1) is 12.7 Å². The fourth-order valence-corrected chi connectivity index (χ4v) is 2.54. The molecule has 3 nitrogen and oxygen atoms in total. The molecule has 1 saturated heterocycles. The molecular weight excluding hydrogens is 264 g/mol. The summed E-state index contributed by atoms with van der Waals surface area (Å²) in [6.07, 6.45) is 6.30. The molecule has 1 aromatic rings. The van der Waals surface area contributed by atoms with Crippen molar-refractivity contribution in [3.8, 4) is 12.3 Å². The minimum atomic E-state index is -0.548. The van der Waals surface area contributed by atoms with Crippen LogP contribution in [0.2, 0.25) is 0 Å². The van der Waals surface area contributed by atoms with Crippen LogP contribution in [0.1, 0.15) is 45.0 Å². The first-order valence-electron chi connectivity index (χ1n) is 7.34. The molecule has 0 N–H and O–H groups in total. The lowest BCUT2D eigenvalue weighted by molar-refractivity contribution is -0.238. The molecule has 0 bridgehead atoms. The highest BCUT2D eigenvalue weighted by molar-refractivity contribution is 5.84. The standard InChI is InChI=1S/C18H22O3/c1-4-5-11-15(19)18(2,3)16-12-13-20-17(21-16)14-9-7-6-8-10-14/h1,6-10,16-17H,5,11-13H2,2-3H3/t16-,17-/m0/s1. The molecule has 1 aromatic carbocycles. The molecule has 21 heavy (non-hydrogen) atoms. The van der Waals surface area contributed by atoms with Gasteiger partial charge in [0.25, 0.3) is 0 Å². The Balaban J connectivity index is 2.06. The Labute approximate surface area is 126 Å². The van der Waals surface area contributed by atoms with E-state index >= 15 is 0 Å². The molecule has 0 spiro atoms. The summed E-state index contributed by atoms with van der Waals surface area (Å²) in [5, 5.41) is 0. The highest BCUT2D eigenvalue weighted by atomic mass is 16.7. The molecule has 1 aliphatic rings. The second-order valence-corrected chi connectivity index (χ2v) is 5.88. The van der Waals surface area contributed by atoms with E-state index in [9.17, 15) is 4.79 Å². The Bertz CT molecular complexity index is 513. The van der Waals surface area contributed by atoms with Gasteiger partial charge in [-0.05, 0) is 6.42 Å². The van der Waals surface area contributed by atoms with E-state index in [2.05, 4.69) is 5.92 Å². The van der Waals surface area contributed by atoms with Crippen LogP contribution in [0.4, 0.5) is 0 Å². The first-order valence-corrected chi connectivity index (χ1v) is 7.34. The second-order valence-electron chi connectivity index (χ2n) is 5.88. The number of benzene rings is 1. The molecule has 2 atom stereocenters. The maximum absolute atomic E-state index is 12.3. The third-order valence-electron chi connectivity index (χ3n) is 4.03. The number of ether oxygens (including phenoxy) is 2. The topological polar surface area (TPSA) is 35.5 Å². The van der Waals surface area contributed by atoms with Crippen molar-refractivity contribution in [2.24, 2.45) is 5.41 Å². The molecule has 1 aliphatic heterocycles. The van der Waals surface area contributed by atoms with Gasteiger partial charge in [0.2, 0.25) is 0 Å². The van der Waals surface area contributed by atoms with Gasteiger partial charge in [-0.15, -0.1) is 12.3 Å². The van der Waals surface area contributed by atoms with Crippen LogP contribution >= 0.6 is 0 Å². The zero-order valence-electron chi connectivity index (χ0n) is 12.7. The molecule has 3 heteroatoms. The maximum Gasteiger partial charge on any atom is 0.184 e. The minimum absolute atomic E-state index is 0.151. The Morgan fingerprint density at radius 1 is 1.38 bits per heavy atom. The fraction of sp³-hybridized carbons (Fsp3) is 0.500. The summed E-state index contributed by atoms with van der Waals surface area (Å²) in [5.41, 5.74) is 0.433. The van der Waals surface area contributed by atoms with Crippen LogP contribution in [0.5, 0.6) is 0 Å². The number of carbonyl (C=O) groups is 1. The second kappa shape index (κ2) is 6.89. The number of rotatable bonds is 5. The highest BCUT2D eigenvalue weighted by Gasteiger charge is 2.40. The fourth-order valence-electron chi connectivity index (χ4n) is 2.54. The van der Waals surface area contributed by atoms with Crippen molar-refractivity contribution in [3.63, 3.8) is 0 Å². The Hall–Kier alpha value is -1.63. The third-order valence-corrected chi connectivity index (χ3v) is 4.03. The molecule has 1 fully saturated rings. The van der Waals surface area contributed by atoms with Crippen molar-refractivity contribution in [2.45, 2.75) is 45.5 Å². The molecular formula is C18H22O3. The molecule has 0 aromatic heterocycles. The lowest BCUT2D eigenvalue weighted by atomic mass is 9.78. The minimum Gasteiger partial charge on any atom is -0.348 e. The van der Waals surface area contributed by atoms with E-state index in [4.69, 9.17) is 15.9 Å². The van der Waals surface area contributed by atoms with Gasteiger partial charge in [0.1, 0.15) is 5.78 Å². The van der Waals surface area contributed by atoms with Crippen LogP contribution in [0.15, 0.2) is 30.3 Å². The van der Waals surface area contributed by atoms with Crippen molar-refractivity contribution in [2.75, 3.05) is 6.61 Å². The summed E-state index contributed by atoms with van der Waals surface area (Å²) in [7, 11) is 0. The first-order chi connectivity index (χ1) is 10.1. The number of Topliss-reactive ketones (excluding diaryl/α,β-unsaturated/α-hetero) is 1. The number of hydrogen-bond donors (Lipinski definition) is 0. The average molecular weight is 286 g/mol. The molecule has 0 saturated carbocycles. The predicted molar refractivity (Wildman–Crippen MR) is 81.5 cm³/mol.